The molecule has 37 heavy (non-hydrogen) atoms. The number of para-hydroxylation sites is 1. The molecule has 1 atom stereocenters. The van der Waals surface area contributed by atoms with Gasteiger partial charge in [0.15, 0.2) is 5.82 Å². The van der Waals surface area contributed by atoms with E-state index in [9.17, 15) is 14.5 Å². The second kappa shape index (κ2) is 10.5. The Labute approximate surface area is 211 Å². The normalized spacial score (nSPS) is 14.9. The third-order valence-electron chi connectivity index (χ3n) is 5.73. The lowest BCUT2D eigenvalue weighted by Crippen LogP contribution is -2.22. The summed E-state index contributed by atoms with van der Waals surface area (Å²) in [7, 11) is 1.34. The van der Waals surface area contributed by atoms with Crippen LogP contribution < -0.4 is 19.9 Å². The monoisotopic (exact) mass is 503 g/mol. The topological polar surface area (TPSA) is 112 Å². The lowest BCUT2D eigenvalue weighted by Gasteiger charge is -2.24. The molecule has 1 aromatic heterocycles. The molecule has 0 bridgehead atoms. The minimum atomic E-state index is -0.998. The van der Waals surface area contributed by atoms with Gasteiger partial charge in [0.1, 0.15) is 29.4 Å². The third-order valence-corrected chi connectivity index (χ3v) is 5.73. The van der Waals surface area contributed by atoms with Gasteiger partial charge in [-0.25, -0.2) is 15.0 Å². The molecule has 4 aromatic rings. The van der Waals surface area contributed by atoms with Crippen molar-refractivity contribution in [1.82, 2.24) is 9.97 Å². The van der Waals surface area contributed by atoms with Crippen molar-refractivity contribution in [2.45, 2.75) is 12.5 Å². The van der Waals surface area contributed by atoms with E-state index >= 15 is 0 Å². The number of nitrogens with one attached hydrogen (secondary N) is 1. The number of nitro groups is 1. The molecule has 1 saturated heterocycles. The van der Waals surface area contributed by atoms with Crippen LogP contribution in [0.25, 0.3) is 0 Å². The summed E-state index contributed by atoms with van der Waals surface area (Å²) in [5, 5.41) is 15.8. The summed E-state index contributed by atoms with van der Waals surface area (Å²) >= 11 is 0. The Morgan fingerprint density at radius 3 is 2.68 bits per heavy atom. The number of anilines is 3. The van der Waals surface area contributed by atoms with Crippen LogP contribution in [0.3, 0.4) is 0 Å². The van der Waals surface area contributed by atoms with Crippen LogP contribution in [-0.4, -0.2) is 28.6 Å². The van der Waals surface area contributed by atoms with Crippen LogP contribution in [0.1, 0.15) is 18.0 Å². The molecule has 1 aliphatic heterocycles. The minimum Gasteiger partial charge on any atom is -0.494 e. The average Bonchev–Trinajstić information content (AvgIpc) is 3.40. The van der Waals surface area contributed by atoms with E-state index in [4.69, 9.17) is 14.3 Å². The Morgan fingerprint density at radius 1 is 1.08 bits per heavy atom. The van der Waals surface area contributed by atoms with E-state index in [2.05, 4.69) is 15.3 Å². The smallest absolute Gasteiger partial charge is 0.307 e. The van der Waals surface area contributed by atoms with Gasteiger partial charge < -0.3 is 14.8 Å². The van der Waals surface area contributed by atoms with E-state index in [0.717, 1.165) is 29.9 Å². The number of nitro benzene ring substituents is 1. The van der Waals surface area contributed by atoms with Crippen molar-refractivity contribution in [3.63, 3.8) is 0 Å². The van der Waals surface area contributed by atoms with E-state index < -0.39 is 16.4 Å². The highest BCUT2D eigenvalue weighted by atomic mass is 19.1. The van der Waals surface area contributed by atoms with E-state index in [1.165, 1.54) is 13.4 Å². The summed E-state index contributed by atoms with van der Waals surface area (Å²) in [4.78, 5) is 24.8. The van der Waals surface area contributed by atoms with Gasteiger partial charge in [0.2, 0.25) is 5.82 Å². The second-order valence-corrected chi connectivity index (χ2v) is 8.10. The summed E-state index contributed by atoms with van der Waals surface area (Å²) in [6, 6.07) is 20.8. The minimum absolute atomic E-state index is 0.0915. The molecule has 188 valence electrons. The summed E-state index contributed by atoms with van der Waals surface area (Å²) in [5.41, 5.74) is 0.484. The average molecular weight is 503 g/mol. The maximum absolute atomic E-state index is 14.0. The maximum Gasteiger partial charge on any atom is 0.307 e. The molecule has 0 saturated carbocycles. The first-order chi connectivity index (χ1) is 18.0. The Morgan fingerprint density at radius 2 is 1.89 bits per heavy atom. The highest BCUT2D eigenvalue weighted by Crippen LogP contribution is 2.37. The van der Waals surface area contributed by atoms with Crippen LogP contribution in [0.2, 0.25) is 0 Å². The molecule has 11 heteroatoms. The fourth-order valence-electron chi connectivity index (χ4n) is 4.03. The van der Waals surface area contributed by atoms with E-state index in [0.29, 0.717) is 24.0 Å². The molecule has 0 radical (unpaired) electrons. The van der Waals surface area contributed by atoms with Gasteiger partial charge in [-0.1, -0.05) is 30.3 Å². The van der Waals surface area contributed by atoms with E-state index in [1.54, 1.807) is 11.1 Å². The van der Waals surface area contributed by atoms with Gasteiger partial charge in [0, 0.05) is 24.6 Å². The highest BCUT2D eigenvalue weighted by molar-refractivity contribution is 5.69. The summed E-state index contributed by atoms with van der Waals surface area (Å²) in [6.07, 6.45) is 2.06. The molecule has 1 unspecified atom stereocenters. The fourth-order valence-corrected chi connectivity index (χ4v) is 4.03. The van der Waals surface area contributed by atoms with E-state index in [1.807, 2.05) is 54.6 Å². The zero-order chi connectivity index (χ0) is 25.8. The summed E-state index contributed by atoms with van der Waals surface area (Å²) in [5.74, 6) is 1.33. The summed E-state index contributed by atoms with van der Waals surface area (Å²) in [6.45, 7) is 0.485. The molecule has 5 rings (SSSR count). The van der Waals surface area contributed by atoms with Crippen molar-refractivity contribution in [3.05, 3.63) is 101 Å². The van der Waals surface area contributed by atoms with Gasteiger partial charge in [0.25, 0.3) is 0 Å². The van der Waals surface area contributed by atoms with Crippen LogP contribution in [0.5, 0.6) is 17.2 Å². The van der Waals surface area contributed by atoms with Crippen molar-refractivity contribution in [2.24, 2.45) is 0 Å². The first kappa shape index (κ1) is 23.9. The van der Waals surface area contributed by atoms with Crippen molar-refractivity contribution in [3.8, 4) is 17.2 Å². The number of methoxy groups -OCH3 is 1. The van der Waals surface area contributed by atoms with Crippen LogP contribution in [-0.2, 0) is 4.84 Å². The molecule has 3 aromatic carbocycles. The fraction of sp³-hybridized carbons (Fsp3) is 0.154. The molecule has 1 aliphatic rings. The van der Waals surface area contributed by atoms with Gasteiger partial charge in [-0.2, -0.15) is 4.39 Å². The lowest BCUT2D eigenvalue weighted by atomic mass is 10.0. The maximum atomic E-state index is 14.0. The van der Waals surface area contributed by atoms with Gasteiger partial charge in [0.05, 0.1) is 30.4 Å². The predicted octanol–water partition coefficient (Wildman–Crippen LogP) is 5.95. The SMILES string of the molecule is COc1cc(F)c([N+](=O)[O-])cc1Nc1cc(N2OCCC2c2cccc(Oc3ccccc3)c2)ncn1. The zero-order valence-electron chi connectivity index (χ0n) is 19.7. The standard InChI is InChI=1S/C26H22FN5O5/c1-35-24-13-20(27)23(32(33)34)14-21(24)30-25-15-26(29-16-28-25)31-22(10-11-36-31)17-6-5-9-19(12-17)37-18-7-3-2-4-8-18/h2-9,12-16,22H,10-11H2,1H3,(H,28,29,30). The van der Waals surface area contributed by atoms with Crippen LogP contribution in [0.4, 0.5) is 27.4 Å². The number of aromatic nitrogens is 2. The quantitative estimate of drug-likeness (QED) is 0.230. The van der Waals surface area contributed by atoms with Crippen molar-refractivity contribution >= 4 is 23.0 Å². The number of halogens is 1. The highest BCUT2D eigenvalue weighted by Gasteiger charge is 2.30. The lowest BCUT2D eigenvalue weighted by molar-refractivity contribution is -0.387. The van der Waals surface area contributed by atoms with Crippen LogP contribution >= 0.6 is 0 Å². The van der Waals surface area contributed by atoms with Gasteiger partial charge >= 0.3 is 5.69 Å². The molecule has 0 spiro atoms. The molecule has 10 nitrogen and oxygen atoms in total. The van der Waals surface area contributed by atoms with Crippen molar-refractivity contribution < 1.29 is 23.6 Å². The van der Waals surface area contributed by atoms with Crippen molar-refractivity contribution in [2.75, 3.05) is 24.1 Å². The molecule has 1 fully saturated rings. The molecule has 0 amide bonds. The number of benzene rings is 3. The van der Waals surface area contributed by atoms with Gasteiger partial charge in [-0.05, 0) is 29.8 Å². The van der Waals surface area contributed by atoms with Crippen LogP contribution in [0, 0.1) is 15.9 Å². The number of rotatable bonds is 8. The Bertz CT molecular complexity index is 1420. The third kappa shape index (κ3) is 5.26. The predicted molar refractivity (Wildman–Crippen MR) is 134 cm³/mol. The number of nitrogens with zero attached hydrogens (tertiary/aromatic N) is 4. The van der Waals surface area contributed by atoms with Crippen LogP contribution in [0.15, 0.2) is 79.1 Å². The molecular formula is C26H22FN5O5. The number of hydrogen-bond acceptors (Lipinski definition) is 9. The Hall–Kier alpha value is -4.77. The van der Waals surface area contributed by atoms with Gasteiger partial charge in [-0.3, -0.25) is 15.0 Å². The Kier molecular flexibility index (Phi) is 6.77. The number of ether oxygens (including phenoxy) is 2. The second-order valence-electron chi connectivity index (χ2n) is 8.10. The molecular weight excluding hydrogens is 481 g/mol. The number of hydroxylamine groups is 1. The van der Waals surface area contributed by atoms with Gasteiger partial charge in [-0.15, -0.1) is 0 Å². The first-order valence-electron chi connectivity index (χ1n) is 11.4. The molecule has 1 N–H and O–H groups in total. The first-order valence-corrected chi connectivity index (χ1v) is 11.4. The Balaban J connectivity index is 1.39. The van der Waals surface area contributed by atoms with E-state index in [-0.39, 0.29) is 17.5 Å². The molecule has 0 aliphatic carbocycles. The van der Waals surface area contributed by atoms with Crippen molar-refractivity contribution in [1.29, 1.82) is 0 Å². The number of hydrogen-bond donors (Lipinski definition) is 1. The molecule has 2 heterocycles. The largest absolute Gasteiger partial charge is 0.494 e. The summed E-state index contributed by atoms with van der Waals surface area (Å²) < 4.78 is 25.2. The zero-order valence-corrected chi connectivity index (χ0v) is 19.7.